The van der Waals surface area contributed by atoms with E-state index in [1.807, 2.05) is 7.05 Å². The molecule has 35 heavy (non-hydrogen) atoms. The number of nitro groups is 1. The number of piperidine rings is 1. The van der Waals surface area contributed by atoms with E-state index in [9.17, 15) is 23.3 Å². The zero-order chi connectivity index (χ0) is 25.6. The Kier molecular flexibility index (Phi) is 8.25. The first-order valence-electron chi connectivity index (χ1n) is 10.7. The van der Waals surface area contributed by atoms with Gasteiger partial charge in [0.1, 0.15) is 18.0 Å². The molecule has 1 fully saturated rings. The van der Waals surface area contributed by atoms with Gasteiger partial charge in [0.05, 0.1) is 24.8 Å². The first-order valence-corrected chi connectivity index (χ1v) is 12.1. The van der Waals surface area contributed by atoms with Gasteiger partial charge in [-0.05, 0) is 25.2 Å². The summed E-state index contributed by atoms with van der Waals surface area (Å²) in [6.45, 7) is 0.916. The molecule has 1 aliphatic rings. The summed E-state index contributed by atoms with van der Waals surface area (Å²) in [7, 11) is 0.187. The molecular weight excluding hydrogens is 478 g/mol. The van der Waals surface area contributed by atoms with E-state index in [0.717, 1.165) is 35.2 Å². The minimum Gasteiger partial charge on any atom is -0.497 e. The van der Waals surface area contributed by atoms with Crippen LogP contribution in [0.25, 0.3) is 0 Å². The molecule has 188 valence electrons. The van der Waals surface area contributed by atoms with Crippen molar-refractivity contribution < 1.29 is 27.6 Å². The molecule has 1 N–H and O–H groups in total. The fraction of sp³-hybridized carbons (Fsp3) is 0.364. The van der Waals surface area contributed by atoms with Gasteiger partial charge < -0.3 is 14.4 Å². The lowest BCUT2D eigenvalue weighted by atomic mass is 10.1. The summed E-state index contributed by atoms with van der Waals surface area (Å²) in [5.74, 6) is -0.218. The summed E-state index contributed by atoms with van der Waals surface area (Å²) < 4.78 is 38.6. The predicted molar refractivity (Wildman–Crippen MR) is 129 cm³/mol. The Hall–Kier alpha value is -3.71. The zero-order valence-electron chi connectivity index (χ0n) is 19.6. The van der Waals surface area contributed by atoms with Gasteiger partial charge in [0.15, 0.2) is 4.90 Å². The highest BCUT2D eigenvalue weighted by Gasteiger charge is 2.34. The smallest absolute Gasteiger partial charge is 0.289 e. The third kappa shape index (κ3) is 6.05. The minimum absolute atomic E-state index is 0.00791. The third-order valence-corrected chi connectivity index (χ3v) is 7.28. The van der Waals surface area contributed by atoms with Gasteiger partial charge >= 0.3 is 0 Å². The number of benzene rings is 2. The Balaban J connectivity index is 2.01. The summed E-state index contributed by atoms with van der Waals surface area (Å²) in [6, 6.07) is 9.29. The Bertz CT molecular complexity index is 1220. The van der Waals surface area contributed by atoms with Crippen LogP contribution in [0.15, 0.2) is 52.5 Å². The largest absolute Gasteiger partial charge is 0.497 e. The molecular formula is C22H27N5O7S. The average molecular weight is 506 g/mol. The lowest BCUT2D eigenvalue weighted by Gasteiger charge is -2.26. The molecule has 0 aromatic heterocycles. The summed E-state index contributed by atoms with van der Waals surface area (Å²) in [6.07, 6.45) is 1.36. The highest BCUT2D eigenvalue weighted by Crippen LogP contribution is 2.37. The van der Waals surface area contributed by atoms with Crippen LogP contribution in [0.3, 0.4) is 0 Å². The number of carbonyl (C=O) groups is 1. The topological polar surface area (TPSA) is 144 Å². The van der Waals surface area contributed by atoms with Gasteiger partial charge in [-0.1, -0.05) is 12.1 Å². The number of sulfonamides is 1. The van der Waals surface area contributed by atoms with E-state index >= 15 is 0 Å². The summed E-state index contributed by atoms with van der Waals surface area (Å²) >= 11 is 0. The van der Waals surface area contributed by atoms with Crippen molar-refractivity contribution in [3.05, 3.63) is 52.6 Å². The molecule has 0 spiro atoms. The van der Waals surface area contributed by atoms with E-state index in [-0.39, 0.29) is 11.4 Å². The summed E-state index contributed by atoms with van der Waals surface area (Å²) in [5, 5.41) is 15.7. The lowest BCUT2D eigenvalue weighted by molar-refractivity contribution is -0.387. The van der Waals surface area contributed by atoms with Crippen molar-refractivity contribution in [2.45, 2.75) is 17.7 Å². The van der Waals surface area contributed by atoms with Crippen molar-refractivity contribution in [3.63, 3.8) is 0 Å². The molecule has 0 bridgehead atoms. The number of anilines is 1. The molecule has 1 aliphatic heterocycles. The molecule has 0 radical (unpaired) electrons. The van der Waals surface area contributed by atoms with Crippen molar-refractivity contribution in [2.24, 2.45) is 5.10 Å². The Labute approximate surface area is 203 Å². The molecule has 0 aliphatic carbocycles. The number of para-hydroxylation sites is 1. The second-order valence-corrected chi connectivity index (χ2v) is 9.62. The Morgan fingerprint density at radius 1 is 1.17 bits per heavy atom. The number of hydrazone groups is 1. The Morgan fingerprint density at radius 3 is 2.49 bits per heavy atom. The number of methoxy groups -OCH3 is 2. The van der Waals surface area contributed by atoms with E-state index in [4.69, 9.17) is 9.47 Å². The number of amides is 1. The van der Waals surface area contributed by atoms with Crippen molar-refractivity contribution in [1.82, 2.24) is 10.3 Å². The van der Waals surface area contributed by atoms with Gasteiger partial charge in [0.2, 0.25) is 0 Å². The predicted octanol–water partition coefficient (Wildman–Crippen LogP) is 2.01. The van der Waals surface area contributed by atoms with Gasteiger partial charge in [0, 0.05) is 43.8 Å². The van der Waals surface area contributed by atoms with Crippen LogP contribution < -0.4 is 19.2 Å². The molecule has 2 aromatic carbocycles. The van der Waals surface area contributed by atoms with Crippen molar-refractivity contribution in [3.8, 4) is 11.5 Å². The number of hydrogen-bond acceptors (Lipinski definition) is 9. The number of carbonyl (C=O) groups excluding carboxylic acids is 1. The summed E-state index contributed by atoms with van der Waals surface area (Å²) in [4.78, 5) is 25.1. The maximum atomic E-state index is 13.7. The van der Waals surface area contributed by atoms with Crippen molar-refractivity contribution in [2.75, 3.05) is 45.2 Å². The van der Waals surface area contributed by atoms with Crippen LogP contribution >= 0.6 is 0 Å². The molecule has 13 heteroatoms. The molecule has 1 amide bonds. The van der Waals surface area contributed by atoms with E-state index < -0.39 is 38.0 Å². The third-order valence-electron chi connectivity index (χ3n) is 5.48. The zero-order valence-corrected chi connectivity index (χ0v) is 20.4. The quantitative estimate of drug-likeness (QED) is 0.403. The van der Waals surface area contributed by atoms with Gasteiger partial charge in [-0.15, -0.1) is 0 Å². The molecule has 2 aromatic rings. The Morgan fingerprint density at radius 2 is 1.86 bits per heavy atom. The molecule has 12 nitrogen and oxygen atoms in total. The molecule has 1 heterocycles. The van der Waals surface area contributed by atoms with Crippen LogP contribution in [0, 0.1) is 10.1 Å². The van der Waals surface area contributed by atoms with Crippen LogP contribution in [0.5, 0.6) is 11.5 Å². The van der Waals surface area contributed by atoms with Gasteiger partial charge in [0.25, 0.3) is 21.6 Å². The van der Waals surface area contributed by atoms with E-state index in [1.165, 1.54) is 44.6 Å². The highest BCUT2D eigenvalue weighted by molar-refractivity contribution is 7.93. The number of ether oxygens (including phenoxy) is 2. The SMILES string of the molecule is COc1ccc(N(CC(=O)NN=C2CCN(C)CC2)S(=O)(=O)c2ccccc2[N+](=O)[O-])c(OC)c1. The second kappa shape index (κ2) is 11.1. The molecule has 1 saturated heterocycles. The number of nitrogens with one attached hydrogen (secondary N) is 1. The highest BCUT2D eigenvalue weighted by atomic mass is 32.2. The van der Waals surface area contributed by atoms with Crippen LogP contribution in [0.1, 0.15) is 12.8 Å². The number of nitrogens with zero attached hydrogens (tertiary/aromatic N) is 4. The molecule has 0 atom stereocenters. The fourth-order valence-electron chi connectivity index (χ4n) is 3.53. The maximum Gasteiger partial charge on any atom is 0.289 e. The van der Waals surface area contributed by atoms with Crippen molar-refractivity contribution in [1.29, 1.82) is 0 Å². The second-order valence-electron chi connectivity index (χ2n) is 7.79. The van der Waals surface area contributed by atoms with Crippen LogP contribution in [0.4, 0.5) is 11.4 Å². The summed E-state index contributed by atoms with van der Waals surface area (Å²) in [5.41, 5.74) is 2.61. The van der Waals surface area contributed by atoms with Gasteiger partial charge in [-0.3, -0.25) is 19.2 Å². The molecule has 0 unspecified atom stereocenters. The molecule has 0 saturated carbocycles. The van der Waals surface area contributed by atoms with E-state index in [0.29, 0.717) is 18.6 Å². The average Bonchev–Trinajstić information content (AvgIpc) is 2.86. The van der Waals surface area contributed by atoms with Gasteiger partial charge in [-0.25, -0.2) is 13.8 Å². The first-order chi connectivity index (χ1) is 16.7. The van der Waals surface area contributed by atoms with Crippen LogP contribution in [-0.4, -0.2) is 70.8 Å². The maximum absolute atomic E-state index is 13.7. The standard InChI is InChI=1S/C22H27N5O7S/c1-25-12-10-16(11-13-25)23-24-22(28)15-26(18-9-8-17(33-2)14-20(18)34-3)35(31,32)21-7-5-4-6-19(21)27(29)30/h4-9,14H,10-13,15H2,1-3H3,(H,24,28). The lowest BCUT2D eigenvalue weighted by Crippen LogP contribution is -2.40. The molecule has 3 rings (SSSR count). The minimum atomic E-state index is -4.57. The first kappa shape index (κ1) is 25.9. The number of nitro benzene ring substituents is 1. The number of likely N-dealkylation sites (tertiary alicyclic amines) is 1. The van der Waals surface area contributed by atoms with Crippen molar-refractivity contribution >= 4 is 33.0 Å². The number of rotatable bonds is 9. The fourth-order valence-corrected chi connectivity index (χ4v) is 5.12. The van der Waals surface area contributed by atoms with Gasteiger partial charge in [-0.2, -0.15) is 5.10 Å². The van der Waals surface area contributed by atoms with E-state index in [1.54, 1.807) is 0 Å². The van der Waals surface area contributed by atoms with Crippen LogP contribution in [-0.2, 0) is 14.8 Å². The number of hydrogen-bond donors (Lipinski definition) is 1. The van der Waals surface area contributed by atoms with E-state index in [2.05, 4.69) is 15.4 Å². The normalized spacial score (nSPS) is 14.2. The van der Waals surface area contributed by atoms with Crippen LogP contribution in [0.2, 0.25) is 0 Å². The monoisotopic (exact) mass is 505 g/mol.